The smallest absolute Gasteiger partial charge is 0.238 e. The monoisotopic (exact) mass is 416 g/mol. The van der Waals surface area contributed by atoms with Gasteiger partial charge in [0.2, 0.25) is 17.7 Å². The van der Waals surface area contributed by atoms with Gasteiger partial charge in [-0.2, -0.15) is 0 Å². The summed E-state index contributed by atoms with van der Waals surface area (Å²) in [5.41, 5.74) is 0.794. The number of piperazine rings is 1. The molecule has 0 unspecified atom stereocenters. The molecule has 30 heavy (non-hydrogen) atoms. The lowest BCUT2D eigenvalue weighted by atomic mass is 10.2. The van der Waals surface area contributed by atoms with Crippen LogP contribution in [0, 0.1) is 0 Å². The van der Waals surface area contributed by atoms with Gasteiger partial charge in [0.05, 0.1) is 6.54 Å². The van der Waals surface area contributed by atoms with Crippen LogP contribution >= 0.6 is 0 Å². The van der Waals surface area contributed by atoms with Crippen molar-refractivity contribution in [2.75, 3.05) is 51.1 Å². The highest BCUT2D eigenvalue weighted by atomic mass is 16.2. The summed E-state index contributed by atoms with van der Waals surface area (Å²) in [5.74, 6) is 0.220. The van der Waals surface area contributed by atoms with Crippen LogP contribution in [-0.4, -0.2) is 78.2 Å². The van der Waals surface area contributed by atoms with Crippen LogP contribution < -0.4 is 5.32 Å². The molecule has 1 aliphatic rings. The second-order valence-corrected chi connectivity index (χ2v) is 7.81. The van der Waals surface area contributed by atoms with E-state index in [1.54, 1.807) is 0 Å². The van der Waals surface area contributed by atoms with E-state index in [1.807, 2.05) is 40.1 Å². The Bertz CT molecular complexity index is 666. The van der Waals surface area contributed by atoms with Crippen LogP contribution in [-0.2, 0) is 14.4 Å². The first kappa shape index (κ1) is 23.9. The Kier molecular flexibility index (Phi) is 10.3. The lowest BCUT2D eigenvalue weighted by molar-refractivity contribution is -0.134. The number of hydrogen-bond acceptors (Lipinski definition) is 4. The number of rotatable bonds is 11. The summed E-state index contributed by atoms with van der Waals surface area (Å²) in [6.45, 7) is 8.69. The number of anilines is 1. The molecule has 1 fully saturated rings. The highest BCUT2D eigenvalue weighted by molar-refractivity contribution is 5.92. The van der Waals surface area contributed by atoms with E-state index in [1.165, 1.54) is 0 Å². The molecule has 166 valence electrons. The molecule has 1 heterocycles. The van der Waals surface area contributed by atoms with Crippen LogP contribution in [0.4, 0.5) is 5.69 Å². The quantitative estimate of drug-likeness (QED) is 0.602. The molecular weight excluding hydrogens is 380 g/mol. The summed E-state index contributed by atoms with van der Waals surface area (Å²) < 4.78 is 0. The first-order chi connectivity index (χ1) is 14.5. The summed E-state index contributed by atoms with van der Waals surface area (Å²) in [7, 11) is 0. The van der Waals surface area contributed by atoms with Gasteiger partial charge in [-0.25, -0.2) is 0 Å². The summed E-state index contributed by atoms with van der Waals surface area (Å²) in [6.07, 6.45) is 3.36. The molecule has 1 aromatic carbocycles. The zero-order chi connectivity index (χ0) is 21.8. The van der Waals surface area contributed by atoms with E-state index in [-0.39, 0.29) is 17.7 Å². The van der Waals surface area contributed by atoms with Gasteiger partial charge in [0.15, 0.2) is 0 Å². The lowest BCUT2D eigenvalue weighted by Gasteiger charge is -2.34. The van der Waals surface area contributed by atoms with E-state index < -0.39 is 0 Å². The maximum absolute atomic E-state index is 12.5. The number of nitrogens with one attached hydrogen (secondary N) is 1. The van der Waals surface area contributed by atoms with Crippen molar-refractivity contribution in [2.45, 2.75) is 46.0 Å². The Hall–Kier alpha value is -2.41. The fourth-order valence-corrected chi connectivity index (χ4v) is 3.69. The maximum Gasteiger partial charge on any atom is 0.238 e. The first-order valence-corrected chi connectivity index (χ1v) is 11.2. The van der Waals surface area contributed by atoms with Crippen molar-refractivity contribution in [3.05, 3.63) is 30.3 Å². The normalized spacial score (nSPS) is 14.4. The third-order valence-electron chi connectivity index (χ3n) is 5.27. The predicted molar refractivity (Wildman–Crippen MR) is 119 cm³/mol. The molecule has 0 saturated carbocycles. The van der Waals surface area contributed by atoms with Crippen molar-refractivity contribution in [2.24, 2.45) is 0 Å². The topological polar surface area (TPSA) is 73.0 Å². The largest absolute Gasteiger partial charge is 0.343 e. The van der Waals surface area contributed by atoms with E-state index in [4.69, 9.17) is 0 Å². The van der Waals surface area contributed by atoms with Crippen LogP contribution in [0.15, 0.2) is 30.3 Å². The second-order valence-electron chi connectivity index (χ2n) is 7.81. The minimum Gasteiger partial charge on any atom is -0.343 e. The van der Waals surface area contributed by atoms with E-state index >= 15 is 0 Å². The number of hydrogen-bond donors (Lipinski definition) is 1. The lowest BCUT2D eigenvalue weighted by Crippen LogP contribution is -2.50. The van der Waals surface area contributed by atoms with Gasteiger partial charge < -0.3 is 15.1 Å². The molecule has 7 heteroatoms. The van der Waals surface area contributed by atoms with Gasteiger partial charge in [-0.15, -0.1) is 0 Å². The van der Waals surface area contributed by atoms with E-state index in [2.05, 4.69) is 24.1 Å². The average molecular weight is 417 g/mol. The summed E-state index contributed by atoms with van der Waals surface area (Å²) in [4.78, 5) is 42.8. The number of para-hydroxylation sites is 1. The molecule has 1 aromatic rings. The Labute approximate surface area is 180 Å². The highest BCUT2D eigenvalue weighted by Crippen LogP contribution is 2.09. The fourth-order valence-electron chi connectivity index (χ4n) is 3.69. The molecule has 2 rings (SSSR count). The number of carbonyl (C=O) groups is 3. The fraction of sp³-hybridized carbons (Fsp3) is 0.609. The first-order valence-electron chi connectivity index (χ1n) is 11.2. The van der Waals surface area contributed by atoms with Crippen LogP contribution in [0.5, 0.6) is 0 Å². The minimum atomic E-state index is -0.0387. The maximum atomic E-state index is 12.5. The molecule has 0 atom stereocenters. The SMILES string of the molecule is CCCN(CCC)C(=O)CCCC(=O)N1CCN(CC(=O)Nc2ccccc2)CC1. The van der Waals surface area contributed by atoms with Gasteiger partial charge in [-0.1, -0.05) is 32.0 Å². The molecule has 0 aliphatic carbocycles. The zero-order valence-electron chi connectivity index (χ0n) is 18.4. The predicted octanol–water partition coefficient (Wildman–Crippen LogP) is 2.59. The Morgan fingerprint density at radius 2 is 1.57 bits per heavy atom. The molecule has 7 nitrogen and oxygen atoms in total. The van der Waals surface area contributed by atoms with Gasteiger partial charge in [-0.3, -0.25) is 19.3 Å². The molecule has 1 N–H and O–H groups in total. The standard InChI is InChI=1S/C23H36N4O3/c1-3-13-26(14-4-2)22(29)11-8-12-23(30)27-17-15-25(16-18-27)19-21(28)24-20-9-6-5-7-10-20/h5-7,9-10H,3-4,8,11-19H2,1-2H3,(H,24,28). The van der Waals surface area contributed by atoms with Crippen molar-refractivity contribution in [3.8, 4) is 0 Å². The van der Waals surface area contributed by atoms with Crippen molar-refractivity contribution >= 4 is 23.4 Å². The van der Waals surface area contributed by atoms with E-state index in [0.717, 1.165) is 31.6 Å². The number of nitrogens with zero attached hydrogens (tertiary/aromatic N) is 3. The van der Waals surface area contributed by atoms with Crippen molar-refractivity contribution < 1.29 is 14.4 Å². The van der Waals surface area contributed by atoms with Crippen LogP contribution in [0.3, 0.4) is 0 Å². The molecule has 3 amide bonds. The van der Waals surface area contributed by atoms with Crippen LogP contribution in [0.25, 0.3) is 0 Å². The van der Waals surface area contributed by atoms with E-state index in [9.17, 15) is 14.4 Å². The van der Waals surface area contributed by atoms with Crippen LogP contribution in [0.1, 0.15) is 46.0 Å². The molecule has 0 aromatic heterocycles. The van der Waals surface area contributed by atoms with E-state index in [0.29, 0.717) is 52.0 Å². The molecule has 1 saturated heterocycles. The minimum absolute atomic E-state index is 0.0387. The average Bonchev–Trinajstić information content (AvgIpc) is 2.74. The summed E-state index contributed by atoms with van der Waals surface area (Å²) in [6, 6.07) is 9.41. The molecule has 0 bridgehead atoms. The summed E-state index contributed by atoms with van der Waals surface area (Å²) in [5, 5.41) is 2.89. The van der Waals surface area contributed by atoms with Crippen molar-refractivity contribution in [1.82, 2.24) is 14.7 Å². The van der Waals surface area contributed by atoms with Gasteiger partial charge in [0.25, 0.3) is 0 Å². The molecule has 0 spiro atoms. The number of amides is 3. The van der Waals surface area contributed by atoms with Gasteiger partial charge >= 0.3 is 0 Å². The Balaban J connectivity index is 1.65. The third kappa shape index (κ3) is 8.14. The van der Waals surface area contributed by atoms with Gasteiger partial charge in [0, 0.05) is 57.8 Å². The highest BCUT2D eigenvalue weighted by Gasteiger charge is 2.22. The van der Waals surface area contributed by atoms with Gasteiger partial charge in [-0.05, 0) is 31.4 Å². The number of carbonyl (C=O) groups excluding carboxylic acids is 3. The molecule has 0 radical (unpaired) electrons. The summed E-state index contributed by atoms with van der Waals surface area (Å²) >= 11 is 0. The Morgan fingerprint density at radius 3 is 2.17 bits per heavy atom. The second kappa shape index (κ2) is 13.0. The van der Waals surface area contributed by atoms with Crippen molar-refractivity contribution in [1.29, 1.82) is 0 Å². The third-order valence-corrected chi connectivity index (χ3v) is 5.27. The molecular formula is C23H36N4O3. The van der Waals surface area contributed by atoms with Gasteiger partial charge in [0.1, 0.15) is 0 Å². The molecule has 1 aliphatic heterocycles. The number of benzene rings is 1. The zero-order valence-corrected chi connectivity index (χ0v) is 18.4. The Morgan fingerprint density at radius 1 is 0.933 bits per heavy atom. The van der Waals surface area contributed by atoms with Crippen molar-refractivity contribution in [3.63, 3.8) is 0 Å². The van der Waals surface area contributed by atoms with Crippen LogP contribution in [0.2, 0.25) is 0 Å².